The van der Waals surface area contributed by atoms with Gasteiger partial charge in [-0.1, -0.05) is 38.1 Å². The Bertz CT molecular complexity index is 1800. The minimum Gasteiger partial charge on any atom is -0.478 e. The Labute approximate surface area is 269 Å². The number of urea groups is 1. The molecular formula is C31H32FN5O9S. The van der Waals surface area contributed by atoms with E-state index in [1.807, 2.05) is 13.8 Å². The highest BCUT2D eigenvalue weighted by Gasteiger charge is 2.53. The van der Waals surface area contributed by atoms with Crippen molar-refractivity contribution in [3.05, 3.63) is 99.9 Å². The van der Waals surface area contributed by atoms with E-state index in [4.69, 9.17) is 0 Å². The van der Waals surface area contributed by atoms with Gasteiger partial charge in [-0.2, -0.15) is 0 Å². The Balaban J connectivity index is 1.71. The van der Waals surface area contributed by atoms with Crippen molar-refractivity contribution in [1.29, 1.82) is 0 Å². The summed E-state index contributed by atoms with van der Waals surface area (Å²) in [5, 5.41) is 26.2. The first-order valence-corrected chi connectivity index (χ1v) is 15.9. The number of carboxylic acid groups (broad SMARTS) is 1. The number of hydrogen-bond acceptors (Lipinski definition) is 8. The molecule has 3 aromatic carbocycles. The maximum atomic E-state index is 15.4. The number of carbonyl (C=O) groups excluding carboxylic acids is 3. The second kappa shape index (κ2) is 14.4. The SMILES string of the molecule is CC(C)CNC(=O)C1CC(S(=O)(=O)c2ccc([N+](=O)[O-])cc2)C(c2ccccc2F)N1C(=O)CNC(=O)Nc1cccc(C(=O)O)c1. The number of aromatic carboxylic acids is 1. The monoisotopic (exact) mass is 669 g/mol. The number of non-ortho nitro benzene ring substituents is 1. The van der Waals surface area contributed by atoms with E-state index in [2.05, 4.69) is 16.0 Å². The highest BCUT2D eigenvalue weighted by molar-refractivity contribution is 7.92. The van der Waals surface area contributed by atoms with Gasteiger partial charge in [0.2, 0.25) is 11.8 Å². The molecule has 14 nitrogen and oxygen atoms in total. The molecule has 0 aliphatic carbocycles. The molecule has 0 radical (unpaired) electrons. The fourth-order valence-corrected chi connectivity index (χ4v) is 7.18. The predicted molar refractivity (Wildman–Crippen MR) is 167 cm³/mol. The van der Waals surface area contributed by atoms with Crippen LogP contribution < -0.4 is 16.0 Å². The van der Waals surface area contributed by atoms with Crippen LogP contribution in [-0.2, 0) is 19.4 Å². The van der Waals surface area contributed by atoms with Crippen LogP contribution in [0.3, 0.4) is 0 Å². The van der Waals surface area contributed by atoms with Gasteiger partial charge in [-0.15, -0.1) is 0 Å². The largest absolute Gasteiger partial charge is 0.478 e. The molecule has 3 atom stereocenters. The number of halogens is 1. The van der Waals surface area contributed by atoms with Crippen molar-refractivity contribution >= 4 is 45.0 Å². The van der Waals surface area contributed by atoms with Crippen LogP contribution in [0.1, 0.15) is 42.2 Å². The lowest BCUT2D eigenvalue weighted by Crippen LogP contribution is -2.50. The maximum Gasteiger partial charge on any atom is 0.335 e. The Morgan fingerprint density at radius 3 is 2.32 bits per heavy atom. The number of nitrogens with zero attached hydrogens (tertiary/aromatic N) is 2. The average molecular weight is 670 g/mol. The summed E-state index contributed by atoms with van der Waals surface area (Å²) >= 11 is 0. The smallest absolute Gasteiger partial charge is 0.335 e. The number of hydrogen-bond donors (Lipinski definition) is 4. The number of carbonyl (C=O) groups is 4. The summed E-state index contributed by atoms with van der Waals surface area (Å²) in [6.45, 7) is 3.11. The topological polar surface area (TPSA) is 205 Å². The number of amides is 4. The molecule has 0 saturated carbocycles. The van der Waals surface area contributed by atoms with Gasteiger partial charge < -0.3 is 26.0 Å². The van der Waals surface area contributed by atoms with Crippen LogP contribution in [-0.4, -0.2) is 71.5 Å². The number of nitrogens with one attached hydrogen (secondary N) is 3. The molecule has 16 heteroatoms. The van der Waals surface area contributed by atoms with Crippen molar-refractivity contribution in [3.8, 4) is 0 Å². The number of likely N-dealkylation sites (tertiary alicyclic amines) is 1. The van der Waals surface area contributed by atoms with E-state index in [9.17, 15) is 42.8 Å². The molecule has 1 saturated heterocycles. The number of sulfone groups is 1. The quantitative estimate of drug-likeness (QED) is 0.174. The van der Waals surface area contributed by atoms with Gasteiger partial charge >= 0.3 is 12.0 Å². The van der Waals surface area contributed by atoms with Crippen molar-refractivity contribution in [1.82, 2.24) is 15.5 Å². The van der Waals surface area contributed by atoms with Crippen LogP contribution in [0.2, 0.25) is 0 Å². The first-order valence-electron chi connectivity index (χ1n) is 14.4. The molecule has 1 aliphatic heterocycles. The Morgan fingerprint density at radius 2 is 1.70 bits per heavy atom. The fraction of sp³-hybridized carbons (Fsp3) is 0.290. The molecule has 3 aromatic rings. The van der Waals surface area contributed by atoms with Gasteiger partial charge in [-0.05, 0) is 48.7 Å². The standard InChI is InChI=1S/C31H32FN5O9S/c1-18(2)16-33-29(39)25-15-26(47(45,46)22-12-10-21(11-13-22)37(43)44)28(23-8-3-4-9-24(23)32)36(25)27(38)17-34-31(42)35-20-7-5-6-19(14-20)30(40)41/h3-14,18,25-26,28H,15-17H2,1-2H3,(H,33,39)(H,40,41)(H2,34,35,42). The fourth-order valence-electron chi connectivity index (χ4n) is 5.27. The van der Waals surface area contributed by atoms with E-state index in [1.54, 1.807) is 0 Å². The predicted octanol–water partition coefficient (Wildman–Crippen LogP) is 3.51. The van der Waals surface area contributed by atoms with Crippen molar-refractivity contribution in [3.63, 3.8) is 0 Å². The number of rotatable bonds is 11. The number of carboxylic acids is 1. The summed E-state index contributed by atoms with van der Waals surface area (Å²) in [4.78, 5) is 62.4. The first-order chi connectivity index (χ1) is 22.2. The zero-order valence-corrected chi connectivity index (χ0v) is 26.1. The minimum atomic E-state index is -4.45. The summed E-state index contributed by atoms with van der Waals surface area (Å²) in [6, 6.07) is 10.8. The number of benzene rings is 3. The summed E-state index contributed by atoms with van der Waals surface area (Å²) in [7, 11) is -4.45. The third-order valence-corrected chi connectivity index (χ3v) is 9.66. The first kappa shape index (κ1) is 34.5. The Morgan fingerprint density at radius 1 is 1.02 bits per heavy atom. The summed E-state index contributed by atoms with van der Waals surface area (Å²) in [5.41, 5.74) is -0.534. The number of anilines is 1. The van der Waals surface area contributed by atoms with Gasteiger partial charge in [0.05, 0.1) is 33.2 Å². The molecule has 0 bridgehead atoms. The van der Waals surface area contributed by atoms with E-state index in [0.717, 1.165) is 35.2 Å². The molecule has 1 fully saturated rings. The van der Waals surface area contributed by atoms with Gasteiger partial charge in [-0.3, -0.25) is 19.7 Å². The molecule has 3 unspecified atom stereocenters. The Hall–Kier alpha value is -5.38. The van der Waals surface area contributed by atoms with Gasteiger partial charge in [-0.25, -0.2) is 22.4 Å². The molecular weight excluding hydrogens is 637 g/mol. The highest BCUT2D eigenvalue weighted by atomic mass is 32.2. The number of nitro groups is 1. The molecule has 248 valence electrons. The van der Waals surface area contributed by atoms with E-state index >= 15 is 4.39 Å². The van der Waals surface area contributed by atoms with Crippen LogP contribution in [0.15, 0.2) is 77.7 Å². The molecule has 0 aromatic heterocycles. The van der Waals surface area contributed by atoms with Crippen LogP contribution in [0.4, 0.5) is 20.6 Å². The minimum absolute atomic E-state index is 0.00324. The summed E-state index contributed by atoms with van der Waals surface area (Å²) < 4.78 is 43.5. The number of nitro benzene ring substituents is 1. The van der Waals surface area contributed by atoms with Crippen LogP contribution in [0.5, 0.6) is 0 Å². The third kappa shape index (κ3) is 7.89. The lowest BCUT2D eigenvalue weighted by molar-refractivity contribution is -0.384. The van der Waals surface area contributed by atoms with Crippen molar-refractivity contribution < 1.29 is 42.0 Å². The normalized spacial score (nSPS) is 17.6. The molecule has 1 aliphatic rings. The van der Waals surface area contributed by atoms with Gasteiger partial charge in [0.25, 0.3) is 5.69 Å². The van der Waals surface area contributed by atoms with Gasteiger partial charge in [0, 0.05) is 29.9 Å². The molecule has 4 rings (SSSR count). The zero-order chi connectivity index (χ0) is 34.5. The van der Waals surface area contributed by atoms with E-state index in [1.165, 1.54) is 42.5 Å². The van der Waals surface area contributed by atoms with E-state index in [0.29, 0.717) is 0 Å². The summed E-state index contributed by atoms with van der Waals surface area (Å²) in [5.74, 6) is -3.66. The second-order valence-corrected chi connectivity index (χ2v) is 13.4. The maximum absolute atomic E-state index is 15.4. The van der Waals surface area contributed by atoms with Crippen LogP contribution in [0, 0.1) is 21.8 Å². The third-order valence-electron chi connectivity index (χ3n) is 7.48. The lowest BCUT2D eigenvalue weighted by atomic mass is 10.0. The molecule has 47 heavy (non-hydrogen) atoms. The highest BCUT2D eigenvalue weighted by Crippen LogP contribution is 2.43. The summed E-state index contributed by atoms with van der Waals surface area (Å²) in [6.07, 6.45) is -0.442. The van der Waals surface area contributed by atoms with Crippen molar-refractivity contribution in [2.24, 2.45) is 5.92 Å². The molecule has 1 heterocycles. The van der Waals surface area contributed by atoms with Crippen LogP contribution >= 0.6 is 0 Å². The second-order valence-electron chi connectivity index (χ2n) is 11.2. The average Bonchev–Trinajstić information content (AvgIpc) is 3.44. The zero-order valence-electron chi connectivity index (χ0n) is 25.3. The van der Waals surface area contributed by atoms with E-state index in [-0.39, 0.29) is 39.9 Å². The molecule has 4 amide bonds. The van der Waals surface area contributed by atoms with Crippen molar-refractivity contribution in [2.75, 3.05) is 18.4 Å². The molecule has 0 spiro atoms. The molecule has 4 N–H and O–H groups in total. The van der Waals surface area contributed by atoms with Gasteiger partial charge in [0.15, 0.2) is 9.84 Å². The van der Waals surface area contributed by atoms with Crippen LogP contribution in [0.25, 0.3) is 0 Å². The van der Waals surface area contributed by atoms with Crippen molar-refractivity contribution in [2.45, 2.75) is 42.5 Å². The van der Waals surface area contributed by atoms with Gasteiger partial charge in [0.1, 0.15) is 11.9 Å². The lowest BCUT2D eigenvalue weighted by Gasteiger charge is -2.32. The van der Waals surface area contributed by atoms with E-state index < -0.39 is 74.7 Å². The Kier molecular flexibility index (Phi) is 10.5.